The average molecular weight is 433 g/mol. The van der Waals surface area contributed by atoms with Crippen LogP contribution in [0.2, 0.25) is 10.0 Å². The summed E-state index contributed by atoms with van der Waals surface area (Å²) in [5, 5.41) is 2.63. The lowest BCUT2D eigenvalue weighted by molar-refractivity contribution is 0.234. The van der Waals surface area contributed by atoms with Crippen molar-refractivity contribution >= 4 is 44.9 Å². The molecule has 1 aliphatic heterocycles. The number of aromatic nitrogens is 1. The van der Waals surface area contributed by atoms with Crippen LogP contribution < -0.4 is 0 Å². The number of rotatable bonds is 5. The lowest BCUT2D eigenvalue weighted by atomic mass is 10.1. The molecule has 3 nitrogen and oxygen atoms in total. The maximum Gasteiger partial charge on any atom is 0.0863 e. The van der Waals surface area contributed by atoms with Gasteiger partial charge < -0.3 is 4.90 Å². The van der Waals surface area contributed by atoms with Gasteiger partial charge in [-0.2, -0.15) is 0 Å². The molecular weight excluding hydrogens is 411 g/mol. The quantitative estimate of drug-likeness (QED) is 0.544. The predicted molar refractivity (Wildman–Crippen MR) is 118 cm³/mol. The highest BCUT2D eigenvalue weighted by Crippen LogP contribution is 2.27. The second kappa shape index (κ2) is 8.91. The number of benzene rings is 2. The Balaban J connectivity index is 1.36. The van der Waals surface area contributed by atoms with Crippen LogP contribution in [-0.4, -0.2) is 39.0 Å². The number of nitrogens with zero attached hydrogens (tertiary/aromatic N) is 2. The van der Waals surface area contributed by atoms with E-state index >= 15 is 0 Å². The molecule has 0 spiro atoms. The van der Waals surface area contributed by atoms with Crippen LogP contribution >= 0.6 is 23.2 Å². The molecule has 1 atom stereocenters. The van der Waals surface area contributed by atoms with Crippen LogP contribution in [0.15, 0.2) is 59.6 Å². The van der Waals surface area contributed by atoms with Crippen molar-refractivity contribution in [3.8, 4) is 0 Å². The molecule has 146 valence electrons. The second-order valence-corrected chi connectivity index (χ2v) is 9.70. The first kappa shape index (κ1) is 19.8. The van der Waals surface area contributed by atoms with E-state index in [-0.39, 0.29) is 5.25 Å². The van der Waals surface area contributed by atoms with E-state index in [1.807, 2.05) is 42.5 Å². The molecule has 2 aromatic carbocycles. The third kappa shape index (κ3) is 4.41. The molecule has 28 heavy (non-hydrogen) atoms. The maximum atomic E-state index is 13.2. The van der Waals surface area contributed by atoms with Crippen molar-refractivity contribution in [3.05, 3.63) is 70.3 Å². The molecule has 1 aliphatic rings. The fourth-order valence-corrected chi connectivity index (χ4v) is 5.84. The SMILES string of the molecule is O=S(c1cccc2cccnc12)C1CCN(CCc2ccc(Cl)cc2Cl)CC1. The lowest BCUT2D eigenvalue weighted by Gasteiger charge is -2.31. The minimum absolute atomic E-state index is 0.183. The van der Waals surface area contributed by atoms with Crippen molar-refractivity contribution in [2.24, 2.45) is 0 Å². The molecule has 2 heterocycles. The molecule has 0 radical (unpaired) electrons. The summed E-state index contributed by atoms with van der Waals surface area (Å²) in [6, 6.07) is 15.6. The smallest absolute Gasteiger partial charge is 0.0863 e. The Kier molecular flexibility index (Phi) is 6.32. The molecule has 1 aromatic heterocycles. The number of fused-ring (bicyclic) bond motifs is 1. The number of likely N-dealkylation sites (tertiary alicyclic amines) is 1. The van der Waals surface area contributed by atoms with Gasteiger partial charge in [0.2, 0.25) is 0 Å². The zero-order chi connectivity index (χ0) is 19.5. The molecule has 0 aliphatic carbocycles. The van der Waals surface area contributed by atoms with Gasteiger partial charge in [0.25, 0.3) is 0 Å². The monoisotopic (exact) mass is 432 g/mol. The van der Waals surface area contributed by atoms with Crippen molar-refractivity contribution < 1.29 is 4.21 Å². The number of hydrogen-bond acceptors (Lipinski definition) is 3. The van der Waals surface area contributed by atoms with Crippen molar-refractivity contribution in [1.82, 2.24) is 9.88 Å². The highest BCUT2D eigenvalue weighted by Gasteiger charge is 2.26. The molecule has 0 saturated carbocycles. The van der Waals surface area contributed by atoms with Gasteiger partial charge in [0.1, 0.15) is 0 Å². The number of halogens is 2. The maximum absolute atomic E-state index is 13.2. The molecule has 1 fully saturated rings. The standard InChI is InChI=1S/C22H22Cl2N2OS/c23-18-7-6-16(20(24)15-18)8-12-26-13-9-19(10-14-26)28(27)21-5-1-3-17-4-2-11-25-22(17)21/h1-7,11,15,19H,8-10,12-14H2. The predicted octanol–water partition coefficient (Wildman–Crippen LogP) is 5.36. The molecule has 1 unspecified atom stereocenters. The lowest BCUT2D eigenvalue weighted by Crippen LogP contribution is -2.38. The van der Waals surface area contributed by atoms with Gasteiger partial charge in [-0.3, -0.25) is 9.19 Å². The van der Waals surface area contributed by atoms with Crippen LogP contribution in [0.1, 0.15) is 18.4 Å². The Labute approximate surface area is 178 Å². The first-order valence-electron chi connectivity index (χ1n) is 9.52. The van der Waals surface area contributed by atoms with E-state index in [0.717, 1.165) is 65.3 Å². The van der Waals surface area contributed by atoms with Gasteiger partial charge in [-0.1, -0.05) is 47.5 Å². The van der Waals surface area contributed by atoms with Crippen molar-refractivity contribution in [1.29, 1.82) is 0 Å². The van der Waals surface area contributed by atoms with Gasteiger partial charge in [0.05, 0.1) is 21.2 Å². The summed E-state index contributed by atoms with van der Waals surface area (Å²) in [5.74, 6) is 0. The molecule has 1 saturated heterocycles. The average Bonchev–Trinajstić information content (AvgIpc) is 2.72. The van der Waals surface area contributed by atoms with Crippen LogP contribution in [0.5, 0.6) is 0 Å². The van der Waals surface area contributed by atoms with E-state index in [1.54, 1.807) is 12.3 Å². The zero-order valence-electron chi connectivity index (χ0n) is 15.5. The minimum Gasteiger partial charge on any atom is -0.303 e. The fraction of sp³-hybridized carbons (Fsp3) is 0.318. The van der Waals surface area contributed by atoms with Crippen molar-refractivity contribution in [3.63, 3.8) is 0 Å². The first-order valence-corrected chi connectivity index (χ1v) is 11.5. The van der Waals surface area contributed by atoms with Crippen LogP contribution in [0.3, 0.4) is 0 Å². The molecule has 4 rings (SSSR count). The Bertz CT molecular complexity index is 997. The molecule has 0 bridgehead atoms. The Hall–Kier alpha value is -1.46. The van der Waals surface area contributed by atoms with E-state index in [9.17, 15) is 4.21 Å². The van der Waals surface area contributed by atoms with Crippen LogP contribution in [0.25, 0.3) is 10.9 Å². The highest BCUT2D eigenvalue weighted by molar-refractivity contribution is 7.86. The summed E-state index contributed by atoms with van der Waals surface area (Å²) in [6.45, 7) is 2.87. The number of hydrogen-bond donors (Lipinski definition) is 0. The third-order valence-corrected chi connectivity index (χ3v) is 7.79. The fourth-order valence-electron chi connectivity index (χ4n) is 3.77. The van der Waals surface area contributed by atoms with E-state index in [4.69, 9.17) is 23.2 Å². The van der Waals surface area contributed by atoms with Gasteiger partial charge in [-0.15, -0.1) is 0 Å². The summed E-state index contributed by atoms with van der Waals surface area (Å²) < 4.78 is 13.2. The number of para-hydroxylation sites is 1. The summed E-state index contributed by atoms with van der Waals surface area (Å²) in [4.78, 5) is 7.76. The Morgan fingerprint density at radius 2 is 1.86 bits per heavy atom. The van der Waals surface area contributed by atoms with E-state index < -0.39 is 10.8 Å². The highest BCUT2D eigenvalue weighted by atomic mass is 35.5. The summed E-state index contributed by atoms with van der Waals surface area (Å²) in [5.41, 5.74) is 1.99. The van der Waals surface area contributed by atoms with Crippen LogP contribution in [-0.2, 0) is 17.2 Å². The minimum atomic E-state index is -1.03. The largest absolute Gasteiger partial charge is 0.303 e. The van der Waals surface area contributed by atoms with Gasteiger partial charge in [-0.05, 0) is 62.2 Å². The molecule has 6 heteroatoms. The first-order chi connectivity index (χ1) is 13.6. The Morgan fingerprint density at radius 1 is 1.07 bits per heavy atom. The van der Waals surface area contributed by atoms with E-state index in [0.29, 0.717) is 5.02 Å². The van der Waals surface area contributed by atoms with Crippen molar-refractivity contribution in [2.75, 3.05) is 19.6 Å². The van der Waals surface area contributed by atoms with E-state index in [1.165, 1.54) is 0 Å². The molecule has 0 amide bonds. The number of piperidine rings is 1. The third-order valence-electron chi connectivity index (χ3n) is 5.36. The number of pyridine rings is 1. The van der Waals surface area contributed by atoms with E-state index in [2.05, 4.69) is 9.88 Å². The van der Waals surface area contributed by atoms with Crippen LogP contribution in [0.4, 0.5) is 0 Å². The second-order valence-electron chi connectivity index (χ2n) is 7.16. The normalized spacial score (nSPS) is 17.1. The zero-order valence-corrected chi connectivity index (χ0v) is 17.8. The van der Waals surface area contributed by atoms with Gasteiger partial charge >= 0.3 is 0 Å². The molecule has 0 N–H and O–H groups in total. The summed E-state index contributed by atoms with van der Waals surface area (Å²) in [6.07, 6.45) is 4.54. The summed E-state index contributed by atoms with van der Waals surface area (Å²) >= 11 is 12.2. The van der Waals surface area contributed by atoms with Crippen LogP contribution in [0, 0.1) is 0 Å². The Morgan fingerprint density at radius 3 is 2.64 bits per heavy atom. The van der Waals surface area contributed by atoms with Crippen molar-refractivity contribution in [2.45, 2.75) is 29.4 Å². The van der Waals surface area contributed by atoms with Gasteiger partial charge in [-0.25, -0.2) is 0 Å². The van der Waals surface area contributed by atoms with Gasteiger partial charge in [0.15, 0.2) is 0 Å². The van der Waals surface area contributed by atoms with Gasteiger partial charge in [0, 0.05) is 33.4 Å². The topological polar surface area (TPSA) is 33.2 Å². The molecule has 3 aromatic rings. The summed E-state index contributed by atoms with van der Waals surface area (Å²) in [7, 11) is -1.03. The molecular formula is C22H22Cl2N2OS.